The average molecular weight is 329 g/mol. The molecule has 0 aliphatic rings. The van der Waals surface area contributed by atoms with Gasteiger partial charge in [-0.1, -0.05) is 0 Å². The summed E-state index contributed by atoms with van der Waals surface area (Å²) in [5.74, 6) is 0.899. The molecule has 0 saturated carbocycles. The van der Waals surface area contributed by atoms with Gasteiger partial charge in [0.1, 0.15) is 22.7 Å². The third-order valence-corrected chi connectivity index (χ3v) is 3.99. The Morgan fingerprint density at radius 1 is 1.38 bits per heavy atom. The van der Waals surface area contributed by atoms with Gasteiger partial charge in [-0.2, -0.15) is 0 Å². The first kappa shape index (κ1) is 16.1. The van der Waals surface area contributed by atoms with Crippen LogP contribution in [0, 0.1) is 6.92 Å². The number of benzene rings is 1. The zero-order valence-electron chi connectivity index (χ0n) is 13.8. The van der Waals surface area contributed by atoms with E-state index in [1.54, 1.807) is 38.3 Å². The fraction of sp³-hybridized carbons (Fsp3) is 0.278. The smallest absolute Gasteiger partial charge is 0.287 e. The molecule has 3 aromatic rings. The Kier molecular flexibility index (Phi) is 4.07. The Balaban J connectivity index is 1.80. The van der Waals surface area contributed by atoms with Crippen molar-refractivity contribution in [2.75, 3.05) is 13.7 Å². The second kappa shape index (κ2) is 6.05. The van der Waals surface area contributed by atoms with E-state index in [4.69, 9.17) is 13.6 Å². The van der Waals surface area contributed by atoms with Crippen molar-refractivity contribution < 1.29 is 23.5 Å². The van der Waals surface area contributed by atoms with E-state index >= 15 is 0 Å². The van der Waals surface area contributed by atoms with E-state index in [0.29, 0.717) is 17.1 Å². The molecule has 0 saturated heterocycles. The number of hydrogen-bond donors (Lipinski definition) is 2. The highest BCUT2D eigenvalue weighted by Gasteiger charge is 2.28. The molecule has 6 nitrogen and oxygen atoms in total. The van der Waals surface area contributed by atoms with Crippen LogP contribution in [0.1, 0.15) is 28.8 Å². The first-order chi connectivity index (χ1) is 11.4. The molecule has 2 aromatic heterocycles. The van der Waals surface area contributed by atoms with Crippen molar-refractivity contribution >= 4 is 16.9 Å². The molecule has 0 radical (unpaired) electrons. The van der Waals surface area contributed by atoms with Gasteiger partial charge in [0.15, 0.2) is 5.76 Å². The minimum absolute atomic E-state index is 0.000840. The second-order valence-corrected chi connectivity index (χ2v) is 5.85. The number of carbonyl (C=O) groups is 1. The minimum atomic E-state index is -1.30. The van der Waals surface area contributed by atoms with E-state index in [1.807, 2.05) is 13.0 Å². The summed E-state index contributed by atoms with van der Waals surface area (Å²) in [6.07, 6.45) is 1.47. The Bertz CT molecular complexity index is 861. The summed E-state index contributed by atoms with van der Waals surface area (Å²) in [4.78, 5) is 12.4. The fourth-order valence-corrected chi connectivity index (χ4v) is 2.55. The van der Waals surface area contributed by atoms with Crippen LogP contribution >= 0.6 is 0 Å². The van der Waals surface area contributed by atoms with Crippen LogP contribution in [0.25, 0.3) is 11.0 Å². The van der Waals surface area contributed by atoms with Gasteiger partial charge in [0.25, 0.3) is 5.91 Å². The summed E-state index contributed by atoms with van der Waals surface area (Å²) in [7, 11) is 1.58. The highest BCUT2D eigenvalue weighted by Crippen LogP contribution is 2.29. The lowest BCUT2D eigenvalue weighted by molar-refractivity contribution is 0.0326. The lowest BCUT2D eigenvalue weighted by atomic mass is 10.0. The first-order valence-corrected chi connectivity index (χ1v) is 7.54. The molecule has 1 aromatic carbocycles. The van der Waals surface area contributed by atoms with Crippen molar-refractivity contribution in [2.45, 2.75) is 19.4 Å². The normalized spacial score (nSPS) is 13.7. The van der Waals surface area contributed by atoms with Crippen molar-refractivity contribution in [1.82, 2.24) is 5.32 Å². The summed E-state index contributed by atoms with van der Waals surface area (Å²) in [5.41, 5.74) is 0.0257. The van der Waals surface area contributed by atoms with Crippen molar-refractivity contribution in [2.24, 2.45) is 0 Å². The van der Waals surface area contributed by atoms with Crippen LogP contribution in [-0.4, -0.2) is 24.7 Å². The molecule has 1 amide bonds. The molecule has 0 aliphatic carbocycles. The second-order valence-electron chi connectivity index (χ2n) is 5.85. The number of rotatable bonds is 5. The van der Waals surface area contributed by atoms with E-state index in [9.17, 15) is 9.90 Å². The summed E-state index contributed by atoms with van der Waals surface area (Å²) in [5, 5.41) is 13.9. The molecule has 2 N–H and O–H groups in total. The van der Waals surface area contributed by atoms with Crippen LogP contribution in [0.15, 0.2) is 45.4 Å². The van der Waals surface area contributed by atoms with E-state index < -0.39 is 11.5 Å². The van der Waals surface area contributed by atoms with E-state index in [2.05, 4.69) is 5.32 Å². The summed E-state index contributed by atoms with van der Waals surface area (Å²) >= 11 is 0. The van der Waals surface area contributed by atoms with E-state index in [1.165, 1.54) is 6.26 Å². The molecule has 0 bridgehead atoms. The van der Waals surface area contributed by atoms with Crippen LogP contribution in [0.2, 0.25) is 0 Å². The fourth-order valence-electron chi connectivity index (χ4n) is 2.55. The first-order valence-electron chi connectivity index (χ1n) is 7.54. The number of carbonyl (C=O) groups excluding carboxylic acids is 1. The Labute approximate surface area is 139 Å². The van der Waals surface area contributed by atoms with Gasteiger partial charge in [0.2, 0.25) is 0 Å². The zero-order valence-corrected chi connectivity index (χ0v) is 13.8. The molecule has 6 heteroatoms. The van der Waals surface area contributed by atoms with Crippen molar-refractivity contribution in [3.63, 3.8) is 0 Å². The van der Waals surface area contributed by atoms with Crippen LogP contribution in [0.4, 0.5) is 0 Å². The Morgan fingerprint density at radius 2 is 2.17 bits per heavy atom. The van der Waals surface area contributed by atoms with Crippen LogP contribution < -0.4 is 10.1 Å². The van der Waals surface area contributed by atoms with Gasteiger partial charge in [0.05, 0.1) is 19.9 Å². The largest absolute Gasteiger partial charge is 0.497 e. The molecule has 1 atom stereocenters. The highest BCUT2D eigenvalue weighted by atomic mass is 16.5. The van der Waals surface area contributed by atoms with Gasteiger partial charge < -0.3 is 24.0 Å². The maximum absolute atomic E-state index is 12.4. The predicted molar refractivity (Wildman–Crippen MR) is 88.1 cm³/mol. The average Bonchev–Trinajstić information content (AvgIpc) is 3.21. The molecule has 0 fully saturated rings. The van der Waals surface area contributed by atoms with Crippen LogP contribution in [0.3, 0.4) is 0 Å². The van der Waals surface area contributed by atoms with Gasteiger partial charge in [-0.15, -0.1) is 0 Å². The number of fused-ring (bicyclic) bond motifs is 1. The lowest BCUT2D eigenvalue weighted by Gasteiger charge is -2.20. The Morgan fingerprint density at radius 3 is 2.83 bits per heavy atom. The molecule has 0 spiro atoms. The van der Waals surface area contributed by atoms with Gasteiger partial charge in [-0.25, -0.2) is 0 Å². The highest BCUT2D eigenvalue weighted by molar-refractivity contribution is 5.99. The number of amides is 1. The molecular weight excluding hydrogens is 310 g/mol. The topological polar surface area (TPSA) is 84.8 Å². The predicted octanol–water partition coefficient (Wildman–Crippen LogP) is 2.98. The standard InChI is InChI=1S/C18H19NO5/c1-11-13-9-12(22-3)6-7-14(13)24-16(11)17(20)19-10-18(2,21)15-5-4-8-23-15/h4-9,21H,10H2,1-3H3,(H,19,20). The number of furan rings is 2. The third-order valence-electron chi connectivity index (χ3n) is 3.99. The summed E-state index contributed by atoms with van der Waals surface area (Å²) < 4.78 is 16.0. The van der Waals surface area contributed by atoms with Gasteiger partial charge in [0, 0.05) is 10.9 Å². The van der Waals surface area contributed by atoms with E-state index in [0.717, 1.165) is 10.9 Å². The van der Waals surface area contributed by atoms with Crippen LogP contribution in [-0.2, 0) is 5.60 Å². The zero-order chi connectivity index (χ0) is 17.3. The van der Waals surface area contributed by atoms with Crippen LogP contribution in [0.5, 0.6) is 5.75 Å². The molecule has 3 rings (SSSR count). The lowest BCUT2D eigenvalue weighted by Crippen LogP contribution is -2.38. The number of aliphatic hydroxyl groups is 1. The number of aryl methyl sites for hydroxylation is 1. The number of nitrogens with one attached hydrogen (secondary N) is 1. The number of ether oxygens (including phenoxy) is 1. The molecule has 24 heavy (non-hydrogen) atoms. The van der Waals surface area contributed by atoms with Gasteiger partial charge >= 0.3 is 0 Å². The van der Waals surface area contributed by atoms with E-state index in [-0.39, 0.29) is 12.3 Å². The molecular formula is C18H19NO5. The quantitative estimate of drug-likeness (QED) is 0.752. The van der Waals surface area contributed by atoms with Crippen molar-refractivity contribution in [1.29, 1.82) is 0 Å². The number of hydrogen-bond acceptors (Lipinski definition) is 5. The summed E-state index contributed by atoms with van der Waals surface area (Å²) in [6.45, 7) is 3.38. The maximum atomic E-state index is 12.4. The molecule has 1 unspecified atom stereocenters. The maximum Gasteiger partial charge on any atom is 0.287 e. The Hall–Kier alpha value is -2.73. The SMILES string of the molecule is COc1ccc2oc(C(=O)NCC(C)(O)c3ccco3)c(C)c2c1. The number of methoxy groups -OCH3 is 1. The van der Waals surface area contributed by atoms with Crippen molar-refractivity contribution in [3.05, 3.63) is 53.7 Å². The molecule has 0 aliphatic heterocycles. The molecule has 2 heterocycles. The summed E-state index contributed by atoms with van der Waals surface area (Å²) in [6, 6.07) is 8.70. The monoisotopic (exact) mass is 329 g/mol. The van der Waals surface area contributed by atoms with Crippen molar-refractivity contribution in [3.8, 4) is 5.75 Å². The third kappa shape index (κ3) is 2.88. The van der Waals surface area contributed by atoms with Gasteiger partial charge in [-0.05, 0) is 44.2 Å². The molecule has 126 valence electrons. The van der Waals surface area contributed by atoms with Gasteiger partial charge in [-0.3, -0.25) is 4.79 Å². The minimum Gasteiger partial charge on any atom is -0.497 e.